The summed E-state index contributed by atoms with van der Waals surface area (Å²) in [5.41, 5.74) is 0. The average molecular weight is 151 g/mol. The molecule has 1 atom stereocenters. The first-order valence-corrected chi connectivity index (χ1v) is 3.82. The van der Waals surface area contributed by atoms with Gasteiger partial charge in [0.15, 0.2) is 0 Å². The number of likely N-dealkylation sites (tertiary alicyclic amines) is 1. The van der Waals surface area contributed by atoms with Gasteiger partial charge in [0.05, 0.1) is 0 Å². The summed E-state index contributed by atoms with van der Waals surface area (Å²) >= 11 is 0. The maximum Gasteiger partial charge on any atom is 0.245 e. The second-order valence-corrected chi connectivity index (χ2v) is 2.77. The second-order valence-electron chi connectivity index (χ2n) is 2.77. The van der Waals surface area contributed by atoms with E-state index in [9.17, 15) is 4.79 Å². The molecule has 0 aromatic heterocycles. The van der Waals surface area contributed by atoms with Crippen LogP contribution in [-0.2, 0) is 4.79 Å². The highest BCUT2D eigenvalue weighted by Crippen LogP contribution is 2.16. The summed E-state index contributed by atoms with van der Waals surface area (Å²) < 4.78 is 0. The van der Waals surface area contributed by atoms with Gasteiger partial charge in [-0.05, 0) is 18.4 Å². The van der Waals surface area contributed by atoms with Gasteiger partial charge in [0.25, 0.3) is 0 Å². The fraction of sp³-hybridized carbons (Fsp3) is 0.444. The molecule has 0 N–H and O–H groups in total. The molecule has 0 bridgehead atoms. The first kappa shape index (κ1) is 8.05. The maximum absolute atomic E-state index is 11.0. The molecule has 1 heterocycles. The van der Waals surface area contributed by atoms with E-state index < -0.39 is 0 Å². The predicted molar refractivity (Wildman–Crippen MR) is 45.1 cm³/mol. The Morgan fingerprint density at radius 2 is 2.27 bits per heavy atom. The third kappa shape index (κ3) is 1.70. The van der Waals surface area contributed by atoms with Crippen molar-refractivity contribution in [3.8, 4) is 0 Å². The van der Waals surface area contributed by atoms with Crippen LogP contribution in [0.25, 0.3) is 0 Å². The number of hydrogen-bond acceptors (Lipinski definition) is 1. The van der Waals surface area contributed by atoms with E-state index >= 15 is 0 Å². The number of carbonyl (C=O) groups is 1. The Morgan fingerprint density at radius 1 is 1.55 bits per heavy atom. The number of nitrogens with zero attached hydrogens (tertiary/aromatic N) is 1. The van der Waals surface area contributed by atoms with Crippen molar-refractivity contribution in [3.05, 3.63) is 25.3 Å². The molecular formula is C9H13NO. The number of amides is 1. The highest BCUT2D eigenvalue weighted by molar-refractivity contribution is 5.87. The van der Waals surface area contributed by atoms with E-state index in [1.807, 2.05) is 6.08 Å². The zero-order valence-corrected chi connectivity index (χ0v) is 6.62. The average Bonchev–Trinajstić information content (AvgIpc) is 2.50. The van der Waals surface area contributed by atoms with Crippen molar-refractivity contribution in [1.29, 1.82) is 0 Å². The Kier molecular flexibility index (Phi) is 2.47. The van der Waals surface area contributed by atoms with Gasteiger partial charge < -0.3 is 4.90 Å². The first-order chi connectivity index (χ1) is 5.27. The van der Waals surface area contributed by atoms with Crippen LogP contribution in [0.1, 0.15) is 6.42 Å². The molecule has 1 rings (SSSR count). The summed E-state index contributed by atoms with van der Waals surface area (Å²) in [4.78, 5) is 12.9. The summed E-state index contributed by atoms with van der Waals surface area (Å²) in [6, 6.07) is 0. The number of rotatable bonds is 2. The van der Waals surface area contributed by atoms with E-state index in [0.717, 1.165) is 19.5 Å². The van der Waals surface area contributed by atoms with Crippen LogP contribution in [-0.4, -0.2) is 23.9 Å². The van der Waals surface area contributed by atoms with Crippen LogP contribution in [0.2, 0.25) is 0 Å². The Hall–Kier alpha value is -1.05. The molecule has 1 saturated heterocycles. The van der Waals surface area contributed by atoms with Gasteiger partial charge >= 0.3 is 0 Å². The summed E-state index contributed by atoms with van der Waals surface area (Å²) in [5, 5.41) is 0. The van der Waals surface area contributed by atoms with E-state index in [2.05, 4.69) is 13.2 Å². The maximum atomic E-state index is 11.0. The van der Waals surface area contributed by atoms with Crippen molar-refractivity contribution >= 4 is 5.91 Å². The molecule has 0 aliphatic carbocycles. The third-order valence-electron chi connectivity index (χ3n) is 2.04. The lowest BCUT2D eigenvalue weighted by atomic mass is 10.1. The van der Waals surface area contributed by atoms with Crippen LogP contribution in [0, 0.1) is 5.92 Å². The standard InChI is InChI=1S/C9H13NO/c1-3-8-5-6-10(7-8)9(11)4-2/h3-4,8H,1-2,5-7H2. The molecule has 2 heteroatoms. The minimum atomic E-state index is 0.0364. The molecule has 1 fully saturated rings. The Morgan fingerprint density at radius 3 is 2.73 bits per heavy atom. The number of hydrogen-bond donors (Lipinski definition) is 0. The molecule has 1 aliphatic heterocycles. The summed E-state index contributed by atoms with van der Waals surface area (Å²) in [7, 11) is 0. The van der Waals surface area contributed by atoms with Gasteiger partial charge in [0.1, 0.15) is 0 Å². The van der Waals surface area contributed by atoms with Crippen LogP contribution in [0.4, 0.5) is 0 Å². The van der Waals surface area contributed by atoms with E-state index in [4.69, 9.17) is 0 Å². The highest BCUT2D eigenvalue weighted by atomic mass is 16.2. The van der Waals surface area contributed by atoms with Crippen molar-refractivity contribution in [2.45, 2.75) is 6.42 Å². The van der Waals surface area contributed by atoms with Crippen LogP contribution < -0.4 is 0 Å². The molecule has 0 aromatic carbocycles. The molecule has 0 radical (unpaired) electrons. The van der Waals surface area contributed by atoms with Crippen molar-refractivity contribution in [2.24, 2.45) is 5.92 Å². The Labute approximate surface area is 67.2 Å². The van der Waals surface area contributed by atoms with E-state index in [0.29, 0.717) is 5.92 Å². The zero-order chi connectivity index (χ0) is 8.27. The van der Waals surface area contributed by atoms with E-state index in [1.165, 1.54) is 6.08 Å². The zero-order valence-electron chi connectivity index (χ0n) is 6.62. The van der Waals surface area contributed by atoms with Gasteiger partial charge in [-0.2, -0.15) is 0 Å². The topological polar surface area (TPSA) is 20.3 Å². The van der Waals surface area contributed by atoms with Gasteiger partial charge in [-0.25, -0.2) is 0 Å². The van der Waals surface area contributed by atoms with Gasteiger partial charge in [-0.1, -0.05) is 12.7 Å². The molecule has 1 aliphatic rings. The summed E-state index contributed by atoms with van der Waals surface area (Å²) in [6.07, 6.45) is 4.32. The van der Waals surface area contributed by atoms with Crippen molar-refractivity contribution in [1.82, 2.24) is 4.90 Å². The molecular weight excluding hydrogens is 138 g/mol. The van der Waals surface area contributed by atoms with Gasteiger partial charge in [-0.15, -0.1) is 6.58 Å². The van der Waals surface area contributed by atoms with Crippen LogP contribution in [0.15, 0.2) is 25.3 Å². The molecule has 0 spiro atoms. The van der Waals surface area contributed by atoms with Crippen LogP contribution in [0.3, 0.4) is 0 Å². The predicted octanol–water partition coefficient (Wildman–Crippen LogP) is 1.21. The quantitative estimate of drug-likeness (QED) is 0.429. The summed E-state index contributed by atoms with van der Waals surface area (Å²) in [5.74, 6) is 0.522. The van der Waals surface area contributed by atoms with Crippen molar-refractivity contribution in [2.75, 3.05) is 13.1 Å². The largest absolute Gasteiger partial charge is 0.339 e. The van der Waals surface area contributed by atoms with Crippen molar-refractivity contribution in [3.63, 3.8) is 0 Å². The van der Waals surface area contributed by atoms with E-state index in [-0.39, 0.29) is 5.91 Å². The van der Waals surface area contributed by atoms with Crippen molar-refractivity contribution < 1.29 is 4.79 Å². The van der Waals surface area contributed by atoms with Gasteiger partial charge in [0.2, 0.25) is 5.91 Å². The molecule has 2 nitrogen and oxygen atoms in total. The lowest BCUT2D eigenvalue weighted by Gasteiger charge is -2.12. The third-order valence-corrected chi connectivity index (χ3v) is 2.04. The van der Waals surface area contributed by atoms with Gasteiger partial charge in [0, 0.05) is 13.1 Å². The Balaban J connectivity index is 2.47. The normalized spacial score (nSPS) is 23.3. The molecule has 1 amide bonds. The fourth-order valence-corrected chi connectivity index (χ4v) is 1.31. The lowest BCUT2D eigenvalue weighted by molar-refractivity contribution is -0.125. The molecule has 1 unspecified atom stereocenters. The first-order valence-electron chi connectivity index (χ1n) is 3.82. The highest BCUT2D eigenvalue weighted by Gasteiger charge is 2.21. The SMILES string of the molecule is C=CC(=O)N1CCC(C=C)C1. The molecule has 0 saturated carbocycles. The molecule has 0 aromatic rings. The van der Waals surface area contributed by atoms with E-state index in [1.54, 1.807) is 4.90 Å². The lowest BCUT2D eigenvalue weighted by Crippen LogP contribution is -2.26. The minimum Gasteiger partial charge on any atom is -0.339 e. The number of carbonyl (C=O) groups excluding carboxylic acids is 1. The van der Waals surface area contributed by atoms with Crippen LogP contribution in [0.5, 0.6) is 0 Å². The monoisotopic (exact) mass is 151 g/mol. The second kappa shape index (κ2) is 3.37. The molecule has 11 heavy (non-hydrogen) atoms. The smallest absolute Gasteiger partial charge is 0.245 e. The minimum absolute atomic E-state index is 0.0364. The summed E-state index contributed by atoms with van der Waals surface area (Å²) in [6.45, 7) is 8.80. The van der Waals surface area contributed by atoms with Gasteiger partial charge in [-0.3, -0.25) is 4.79 Å². The fourth-order valence-electron chi connectivity index (χ4n) is 1.31. The van der Waals surface area contributed by atoms with Crippen LogP contribution >= 0.6 is 0 Å². The Bertz CT molecular complexity index is 186. The molecule has 60 valence electrons.